The van der Waals surface area contributed by atoms with Crippen molar-refractivity contribution in [2.24, 2.45) is 4.99 Å². The first-order valence-corrected chi connectivity index (χ1v) is 5.73. The molecule has 0 aliphatic rings. The van der Waals surface area contributed by atoms with E-state index < -0.39 is 5.60 Å². The zero-order valence-corrected chi connectivity index (χ0v) is 13.6. The van der Waals surface area contributed by atoms with Gasteiger partial charge in [0.2, 0.25) is 0 Å². The maximum absolute atomic E-state index is 10.3. The van der Waals surface area contributed by atoms with E-state index in [0.717, 1.165) is 12.3 Å². The molecule has 1 aromatic rings. The van der Waals surface area contributed by atoms with Crippen molar-refractivity contribution in [1.82, 2.24) is 10.6 Å². The lowest BCUT2D eigenvalue weighted by atomic mass is 10.0. The molecule has 0 bridgehead atoms. The molecule has 0 spiro atoms. The average Bonchev–Trinajstić information content (AvgIpc) is 2.72. The van der Waals surface area contributed by atoms with Gasteiger partial charge in [0.1, 0.15) is 17.1 Å². The summed E-state index contributed by atoms with van der Waals surface area (Å²) < 4.78 is 5.42. The molecule has 1 rings (SSSR count). The number of aryl methyl sites for hydroxylation is 1. The first-order valence-electron chi connectivity index (χ1n) is 5.73. The quantitative estimate of drug-likeness (QED) is 0.430. The molecule has 0 aliphatic heterocycles. The molecule has 5 nitrogen and oxygen atoms in total. The van der Waals surface area contributed by atoms with Gasteiger partial charge in [0.15, 0.2) is 5.96 Å². The fourth-order valence-corrected chi connectivity index (χ4v) is 1.45. The van der Waals surface area contributed by atoms with Crippen molar-refractivity contribution in [1.29, 1.82) is 0 Å². The molecule has 3 N–H and O–H groups in total. The number of furan rings is 1. The molecule has 18 heavy (non-hydrogen) atoms. The van der Waals surface area contributed by atoms with Crippen molar-refractivity contribution >= 4 is 29.9 Å². The molecular weight excluding hydrogens is 345 g/mol. The van der Waals surface area contributed by atoms with E-state index in [4.69, 9.17) is 4.42 Å². The van der Waals surface area contributed by atoms with Crippen molar-refractivity contribution < 1.29 is 9.52 Å². The second kappa shape index (κ2) is 7.63. The summed E-state index contributed by atoms with van der Waals surface area (Å²) in [5.41, 5.74) is -1.06. The Morgan fingerprint density at radius 3 is 2.56 bits per heavy atom. The standard InChI is InChI=1S/C12H21N3O2.HI/c1-5-14-11(13-4)15-8-12(3,16)10-7-6-9(2)17-10;/h6-7,16H,5,8H2,1-4H3,(H2,13,14,15);1H. The normalized spacial score (nSPS) is 14.6. The second-order valence-corrected chi connectivity index (χ2v) is 4.14. The predicted octanol–water partition coefficient (Wildman–Crippen LogP) is 1.60. The lowest BCUT2D eigenvalue weighted by Crippen LogP contribution is -2.44. The van der Waals surface area contributed by atoms with Gasteiger partial charge in [0, 0.05) is 13.6 Å². The predicted molar refractivity (Wildman–Crippen MR) is 83.5 cm³/mol. The van der Waals surface area contributed by atoms with Crippen molar-refractivity contribution in [2.75, 3.05) is 20.1 Å². The minimum Gasteiger partial charge on any atom is -0.463 e. The Labute approximate surface area is 125 Å². The average molecular weight is 367 g/mol. The van der Waals surface area contributed by atoms with Gasteiger partial charge in [-0.15, -0.1) is 24.0 Å². The van der Waals surface area contributed by atoms with Crippen LogP contribution in [0.4, 0.5) is 0 Å². The van der Waals surface area contributed by atoms with Gasteiger partial charge in [-0.05, 0) is 32.9 Å². The van der Waals surface area contributed by atoms with Crippen molar-refractivity contribution in [3.63, 3.8) is 0 Å². The molecule has 1 heterocycles. The van der Waals surface area contributed by atoms with Crippen LogP contribution in [0.1, 0.15) is 25.4 Å². The molecular formula is C12H22IN3O2. The van der Waals surface area contributed by atoms with E-state index >= 15 is 0 Å². The summed E-state index contributed by atoms with van der Waals surface area (Å²) >= 11 is 0. The topological polar surface area (TPSA) is 69.8 Å². The van der Waals surface area contributed by atoms with Gasteiger partial charge >= 0.3 is 0 Å². The maximum atomic E-state index is 10.3. The Morgan fingerprint density at radius 1 is 1.44 bits per heavy atom. The Hall–Kier alpha value is -0.760. The van der Waals surface area contributed by atoms with E-state index in [1.807, 2.05) is 19.9 Å². The molecule has 0 aliphatic carbocycles. The highest BCUT2D eigenvalue weighted by atomic mass is 127. The summed E-state index contributed by atoms with van der Waals surface area (Å²) in [7, 11) is 1.69. The van der Waals surface area contributed by atoms with Crippen LogP contribution in [0.3, 0.4) is 0 Å². The number of guanidine groups is 1. The zero-order chi connectivity index (χ0) is 12.9. The number of nitrogens with zero attached hydrogens (tertiary/aromatic N) is 1. The van der Waals surface area contributed by atoms with Crippen LogP contribution >= 0.6 is 24.0 Å². The molecule has 6 heteroatoms. The van der Waals surface area contributed by atoms with Gasteiger partial charge in [0.25, 0.3) is 0 Å². The van der Waals surface area contributed by atoms with Crippen LogP contribution in [-0.2, 0) is 5.60 Å². The van der Waals surface area contributed by atoms with E-state index in [-0.39, 0.29) is 24.0 Å². The number of halogens is 1. The monoisotopic (exact) mass is 367 g/mol. The third kappa shape index (κ3) is 4.85. The molecule has 0 fully saturated rings. The fourth-order valence-electron chi connectivity index (χ4n) is 1.45. The summed E-state index contributed by atoms with van der Waals surface area (Å²) in [5.74, 6) is 2.00. The van der Waals surface area contributed by atoms with Crippen LogP contribution in [0.25, 0.3) is 0 Å². The molecule has 0 saturated heterocycles. The molecule has 0 amide bonds. The molecule has 0 saturated carbocycles. The maximum Gasteiger partial charge on any atom is 0.191 e. The number of aliphatic imine (C=N–C) groups is 1. The minimum absolute atomic E-state index is 0. The largest absolute Gasteiger partial charge is 0.463 e. The van der Waals surface area contributed by atoms with Gasteiger partial charge in [-0.2, -0.15) is 0 Å². The minimum atomic E-state index is -1.06. The lowest BCUT2D eigenvalue weighted by Gasteiger charge is -2.22. The van der Waals surface area contributed by atoms with Gasteiger partial charge in [0.05, 0.1) is 6.54 Å². The number of nitrogens with one attached hydrogen (secondary N) is 2. The highest BCUT2D eigenvalue weighted by Gasteiger charge is 2.26. The van der Waals surface area contributed by atoms with Crippen LogP contribution in [0.15, 0.2) is 21.5 Å². The molecule has 1 aromatic heterocycles. The van der Waals surface area contributed by atoms with E-state index in [9.17, 15) is 5.11 Å². The van der Waals surface area contributed by atoms with Gasteiger partial charge in [-0.25, -0.2) is 0 Å². The van der Waals surface area contributed by atoms with Crippen LogP contribution in [0, 0.1) is 6.92 Å². The highest BCUT2D eigenvalue weighted by Crippen LogP contribution is 2.21. The number of hydrogen-bond donors (Lipinski definition) is 3. The summed E-state index contributed by atoms with van der Waals surface area (Å²) in [6, 6.07) is 3.62. The van der Waals surface area contributed by atoms with Crippen molar-refractivity contribution in [3.05, 3.63) is 23.7 Å². The number of rotatable bonds is 4. The molecule has 104 valence electrons. The SMILES string of the molecule is CCNC(=NC)NCC(C)(O)c1ccc(C)o1.I. The molecule has 1 unspecified atom stereocenters. The van der Waals surface area contributed by atoms with Gasteiger partial charge in [-0.3, -0.25) is 4.99 Å². The zero-order valence-electron chi connectivity index (χ0n) is 11.3. The van der Waals surface area contributed by atoms with Crippen molar-refractivity contribution in [2.45, 2.75) is 26.4 Å². The highest BCUT2D eigenvalue weighted by molar-refractivity contribution is 14.0. The van der Waals surface area contributed by atoms with E-state index in [0.29, 0.717) is 18.3 Å². The summed E-state index contributed by atoms with van der Waals surface area (Å²) in [4.78, 5) is 4.03. The van der Waals surface area contributed by atoms with E-state index in [1.54, 1.807) is 20.0 Å². The molecule has 1 atom stereocenters. The lowest BCUT2D eigenvalue weighted by molar-refractivity contribution is 0.0378. The van der Waals surface area contributed by atoms with Crippen molar-refractivity contribution in [3.8, 4) is 0 Å². The summed E-state index contributed by atoms with van der Waals surface area (Å²) in [6.45, 7) is 6.66. The van der Waals surface area contributed by atoms with Gasteiger partial charge < -0.3 is 20.2 Å². The summed E-state index contributed by atoms with van der Waals surface area (Å²) in [5, 5.41) is 16.4. The molecule has 0 aromatic carbocycles. The first-order chi connectivity index (χ1) is 7.99. The van der Waals surface area contributed by atoms with E-state index in [2.05, 4.69) is 15.6 Å². The Morgan fingerprint density at radius 2 is 2.11 bits per heavy atom. The Balaban J connectivity index is 0.00000289. The van der Waals surface area contributed by atoms with Gasteiger partial charge in [-0.1, -0.05) is 0 Å². The van der Waals surface area contributed by atoms with Crippen LogP contribution in [0.5, 0.6) is 0 Å². The number of hydrogen-bond acceptors (Lipinski definition) is 3. The number of aliphatic hydroxyl groups is 1. The van der Waals surface area contributed by atoms with Crippen LogP contribution in [0.2, 0.25) is 0 Å². The third-order valence-electron chi connectivity index (χ3n) is 2.44. The first kappa shape index (κ1) is 17.2. The van der Waals surface area contributed by atoms with E-state index in [1.165, 1.54) is 0 Å². The van der Waals surface area contributed by atoms with Crippen LogP contribution < -0.4 is 10.6 Å². The smallest absolute Gasteiger partial charge is 0.191 e. The third-order valence-corrected chi connectivity index (χ3v) is 2.44. The summed E-state index contributed by atoms with van der Waals surface area (Å²) in [6.07, 6.45) is 0. The Bertz CT molecular complexity index is 388. The Kier molecular flexibility index (Phi) is 7.30. The second-order valence-electron chi connectivity index (χ2n) is 4.14. The molecule has 0 radical (unpaired) electrons. The fraction of sp³-hybridized carbons (Fsp3) is 0.583. The van der Waals surface area contributed by atoms with Crippen LogP contribution in [-0.4, -0.2) is 31.2 Å².